The van der Waals surface area contributed by atoms with Crippen molar-refractivity contribution in [3.8, 4) is 0 Å². The molecule has 2 aliphatic heterocycles. The predicted octanol–water partition coefficient (Wildman–Crippen LogP) is 1.51. The number of methoxy groups -OCH3 is 2. The van der Waals surface area contributed by atoms with Gasteiger partial charge in [-0.1, -0.05) is 13.8 Å². The minimum absolute atomic E-state index is 0.0356. The number of aliphatic hydroxyl groups excluding tert-OH is 1. The van der Waals surface area contributed by atoms with Crippen molar-refractivity contribution >= 4 is 29.5 Å². The number of Topliss-reactive ketones (excluding diaryl/α,β-unsaturated/α-hetero) is 2. The summed E-state index contributed by atoms with van der Waals surface area (Å²) in [4.78, 5) is 67.8. The lowest BCUT2D eigenvalue weighted by molar-refractivity contribution is -0.175. The van der Waals surface area contributed by atoms with Gasteiger partial charge in [-0.15, -0.1) is 0 Å². The summed E-state index contributed by atoms with van der Waals surface area (Å²) in [5.41, 5.74) is -1.17. The van der Waals surface area contributed by atoms with Crippen LogP contribution in [0.2, 0.25) is 0 Å². The quantitative estimate of drug-likeness (QED) is 0.221. The first-order valence-electron chi connectivity index (χ1n) is 14.3. The molecule has 11 nitrogen and oxygen atoms in total. The smallest absolute Gasteiger partial charge is 0.336 e. The van der Waals surface area contributed by atoms with Gasteiger partial charge in [0.25, 0.3) is 0 Å². The van der Waals surface area contributed by atoms with Crippen LogP contribution < -0.4 is 0 Å². The molecule has 41 heavy (non-hydrogen) atoms. The van der Waals surface area contributed by atoms with E-state index in [1.54, 1.807) is 13.1 Å². The molecule has 0 radical (unpaired) electrons. The highest BCUT2D eigenvalue weighted by molar-refractivity contribution is 6.47. The molecule has 0 bridgehead atoms. The number of esters is 3. The third-order valence-corrected chi connectivity index (χ3v) is 10.3. The van der Waals surface area contributed by atoms with Crippen molar-refractivity contribution in [2.45, 2.75) is 71.2 Å². The van der Waals surface area contributed by atoms with Crippen LogP contribution in [0.15, 0.2) is 22.9 Å². The number of carbonyl (C=O) groups is 5. The molecule has 11 heteroatoms. The van der Waals surface area contributed by atoms with E-state index in [1.807, 2.05) is 11.8 Å². The molecule has 5 rings (SSSR count). The number of likely N-dealkylation sites (tertiary alicyclic amines) is 1. The van der Waals surface area contributed by atoms with Gasteiger partial charge in [0.15, 0.2) is 0 Å². The first-order valence-corrected chi connectivity index (χ1v) is 14.3. The number of carbonyl (C=O) groups excluding carboxylic acids is 5. The molecule has 0 spiro atoms. The van der Waals surface area contributed by atoms with Crippen LogP contribution in [-0.2, 0) is 42.9 Å². The molecule has 0 amide bonds. The number of cyclic esters (lactones) is 1. The van der Waals surface area contributed by atoms with Crippen LogP contribution in [-0.4, -0.2) is 91.7 Å². The number of hydrogen-bond donors (Lipinski definition) is 1. The van der Waals surface area contributed by atoms with Gasteiger partial charge in [0.2, 0.25) is 11.6 Å². The van der Waals surface area contributed by atoms with E-state index in [0.717, 1.165) is 0 Å². The highest BCUT2D eigenvalue weighted by atomic mass is 16.6. The van der Waals surface area contributed by atoms with Crippen LogP contribution in [0.1, 0.15) is 52.9 Å². The molecule has 2 heterocycles. The Kier molecular flexibility index (Phi) is 7.65. The Balaban J connectivity index is 1.64. The number of piperidine rings is 1. The van der Waals surface area contributed by atoms with E-state index < -0.39 is 64.5 Å². The van der Waals surface area contributed by atoms with E-state index in [4.69, 9.17) is 18.9 Å². The Bertz CT molecular complexity index is 1230. The normalized spacial score (nSPS) is 38.3. The van der Waals surface area contributed by atoms with Gasteiger partial charge in [-0.05, 0) is 43.6 Å². The van der Waals surface area contributed by atoms with Gasteiger partial charge in [0.05, 0.1) is 37.2 Å². The molecule has 5 aliphatic rings. The minimum Gasteiger partial charge on any atom is -0.469 e. The third kappa shape index (κ3) is 4.52. The number of ketones is 2. The monoisotopic (exact) mass is 573 g/mol. The van der Waals surface area contributed by atoms with E-state index in [0.29, 0.717) is 44.3 Å². The number of hydrogen-bond acceptors (Lipinski definition) is 11. The molecular weight excluding hydrogens is 534 g/mol. The fraction of sp³-hybridized carbons (Fsp3) is 0.700. The van der Waals surface area contributed by atoms with Crippen LogP contribution in [0.5, 0.6) is 0 Å². The average Bonchev–Trinajstić information content (AvgIpc) is 3.22. The molecule has 1 saturated carbocycles. The van der Waals surface area contributed by atoms with Crippen LogP contribution in [0, 0.1) is 28.6 Å². The Hall–Kier alpha value is -3.05. The number of allylic oxidation sites excluding steroid dienone is 1. The Morgan fingerprint density at radius 1 is 1.10 bits per heavy atom. The molecule has 0 aromatic rings. The number of rotatable bonds is 5. The SMILES string of the molecule is COC[C@H]1OC(=O)/C(=C/N2CCC(C(=O)OC)CC2)C2C(=O)C(=O)C3=C([C@H](OC(C)=O)C[C@@]4(C)C3CC[C@@H]4O)[C@]21C. The molecule has 3 aliphatic carbocycles. The van der Waals surface area contributed by atoms with Crippen LogP contribution >= 0.6 is 0 Å². The van der Waals surface area contributed by atoms with Crippen LogP contribution in [0.25, 0.3) is 0 Å². The van der Waals surface area contributed by atoms with Crippen molar-refractivity contribution in [1.82, 2.24) is 4.90 Å². The number of aliphatic hydroxyl groups is 1. The summed E-state index contributed by atoms with van der Waals surface area (Å²) >= 11 is 0. The zero-order valence-electron chi connectivity index (χ0n) is 24.3. The summed E-state index contributed by atoms with van der Waals surface area (Å²) in [7, 11) is 2.81. The molecule has 7 atom stereocenters. The van der Waals surface area contributed by atoms with E-state index >= 15 is 0 Å². The average molecular weight is 574 g/mol. The van der Waals surface area contributed by atoms with Crippen molar-refractivity contribution < 1.29 is 48.0 Å². The minimum atomic E-state index is -1.24. The van der Waals surface area contributed by atoms with Crippen molar-refractivity contribution in [3.63, 3.8) is 0 Å². The predicted molar refractivity (Wildman–Crippen MR) is 142 cm³/mol. The van der Waals surface area contributed by atoms with Crippen molar-refractivity contribution in [1.29, 1.82) is 0 Å². The highest BCUT2D eigenvalue weighted by Crippen LogP contribution is 2.63. The first kappa shape index (κ1) is 29.4. The topological polar surface area (TPSA) is 146 Å². The van der Waals surface area contributed by atoms with Gasteiger partial charge >= 0.3 is 17.9 Å². The summed E-state index contributed by atoms with van der Waals surface area (Å²) in [6.45, 7) is 5.81. The van der Waals surface area contributed by atoms with Gasteiger partial charge in [-0.2, -0.15) is 0 Å². The van der Waals surface area contributed by atoms with Gasteiger partial charge < -0.3 is 29.0 Å². The summed E-state index contributed by atoms with van der Waals surface area (Å²) < 4.78 is 22.1. The largest absolute Gasteiger partial charge is 0.469 e. The van der Waals surface area contributed by atoms with Crippen molar-refractivity contribution in [3.05, 3.63) is 22.9 Å². The number of nitrogens with zero attached hydrogens (tertiary/aromatic N) is 1. The summed E-state index contributed by atoms with van der Waals surface area (Å²) in [6, 6.07) is 0. The first-order chi connectivity index (χ1) is 19.4. The summed E-state index contributed by atoms with van der Waals surface area (Å²) in [5, 5.41) is 10.9. The molecular formula is C30H39NO10. The number of fused-ring (bicyclic) bond motifs is 4. The highest BCUT2D eigenvalue weighted by Gasteiger charge is 2.67. The molecule has 0 aromatic heterocycles. The Morgan fingerprint density at radius 3 is 2.39 bits per heavy atom. The van der Waals surface area contributed by atoms with Crippen molar-refractivity contribution in [2.75, 3.05) is 33.9 Å². The van der Waals surface area contributed by atoms with Gasteiger partial charge in [0.1, 0.15) is 12.2 Å². The second-order valence-corrected chi connectivity index (χ2v) is 12.5. The van der Waals surface area contributed by atoms with E-state index in [2.05, 4.69) is 0 Å². The second-order valence-electron chi connectivity index (χ2n) is 12.5. The lowest BCUT2D eigenvalue weighted by atomic mass is 9.50. The molecule has 1 N–H and O–H groups in total. The Morgan fingerprint density at radius 2 is 1.78 bits per heavy atom. The van der Waals surface area contributed by atoms with Crippen LogP contribution in [0.4, 0.5) is 0 Å². The zero-order valence-corrected chi connectivity index (χ0v) is 24.3. The third-order valence-electron chi connectivity index (χ3n) is 10.3. The summed E-state index contributed by atoms with van der Waals surface area (Å²) in [6.07, 6.45) is 1.30. The lowest BCUT2D eigenvalue weighted by Crippen LogP contribution is -2.63. The second kappa shape index (κ2) is 10.7. The van der Waals surface area contributed by atoms with E-state index in [9.17, 15) is 29.1 Å². The maximum atomic E-state index is 14.1. The molecule has 3 fully saturated rings. The Labute approximate surface area is 239 Å². The molecule has 2 saturated heterocycles. The number of ether oxygens (including phenoxy) is 4. The van der Waals surface area contributed by atoms with E-state index in [-0.39, 0.29) is 36.1 Å². The molecule has 0 aromatic carbocycles. The fourth-order valence-electron chi connectivity index (χ4n) is 8.12. The van der Waals surface area contributed by atoms with Gasteiger partial charge in [0, 0.05) is 49.7 Å². The maximum Gasteiger partial charge on any atom is 0.336 e. The fourth-order valence-corrected chi connectivity index (χ4v) is 8.12. The maximum absolute atomic E-state index is 14.1. The standard InChI is InChI=1S/C30H39NO10/c1-15(32)40-19-12-29(2)18(6-7-20(29)33)22-24(19)30(3)21(14-38-4)41-28(37)17(23(30)26(35)25(22)34)13-31-10-8-16(9-11-31)27(36)39-5/h13,16,18-21,23,33H,6-12,14H2,1-5H3/b17-13+/t18?,19-,20+,21-,23?,29+,30+/m1/s1. The zero-order chi connectivity index (χ0) is 29.9. The lowest BCUT2D eigenvalue weighted by Gasteiger charge is -2.56. The van der Waals surface area contributed by atoms with E-state index in [1.165, 1.54) is 21.1 Å². The van der Waals surface area contributed by atoms with Crippen molar-refractivity contribution in [2.24, 2.45) is 28.6 Å². The van der Waals surface area contributed by atoms with Gasteiger partial charge in [-0.3, -0.25) is 19.2 Å². The van der Waals surface area contributed by atoms with Crippen LogP contribution in [0.3, 0.4) is 0 Å². The molecule has 224 valence electrons. The summed E-state index contributed by atoms with van der Waals surface area (Å²) in [5.74, 6) is -4.80. The van der Waals surface area contributed by atoms with Gasteiger partial charge in [-0.25, -0.2) is 4.79 Å². The molecule has 2 unspecified atom stereocenters.